The van der Waals surface area contributed by atoms with Crippen LogP contribution in [-0.4, -0.2) is 27.8 Å². The van der Waals surface area contributed by atoms with Gasteiger partial charge in [-0.15, -0.1) is 0 Å². The summed E-state index contributed by atoms with van der Waals surface area (Å²) in [5.41, 5.74) is 3.31. The Morgan fingerprint density at radius 1 is 1.00 bits per heavy atom. The zero-order valence-corrected chi connectivity index (χ0v) is 17.7. The molecule has 160 valence electrons. The van der Waals surface area contributed by atoms with E-state index in [0.717, 1.165) is 28.9 Å². The first kappa shape index (κ1) is 20.1. The van der Waals surface area contributed by atoms with Crippen LogP contribution >= 0.6 is 0 Å². The molecule has 0 saturated carbocycles. The van der Waals surface area contributed by atoms with Gasteiger partial charge in [0.15, 0.2) is 0 Å². The number of rotatable bonds is 4. The van der Waals surface area contributed by atoms with E-state index in [1.54, 1.807) is 6.07 Å². The molecule has 3 aromatic rings. The van der Waals surface area contributed by atoms with Gasteiger partial charge in [0.25, 0.3) is 11.7 Å². The zero-order valence-electron chi connectivity index (χ0n) is 17.7. The van der Waals surface area contributed by atoms with E-state index in [-0.39, 0.29) is 24.0 Å². The number of carbonyl (C=O) groups is 2. The highest BCUT2D eigenvalue weighted by Gasteiger charge is 2.46. The number of aliphatic hydroxyl groups excluding tert-OH is 1. The van der Waals surface area contributed by atoms with Crippen molar-refractivity contribution in [3.05, 3.63) is 107 Å². The smallest absolute Gasteiger partial charge is 0.295 e. The predicted molar refractivity (Wildman–Crippen MR) is 121 cm³/mol. The van der Waals surface area contributed by atoms with E-state index in [2.05, 4.69) is 0 Å². The summed E-state index contributed by atoms with van der Waals surface area (Å²) in [5, 5.41) is 11.3. The summed E-state index contributed by atoms with van der Waals surface area (Å²) in [5.74, 6) is -0.645. The van der Waals surface area contributed by atoms with Gasteiger partial charge in [0.1, 0.15) is 17.6 Å². The van der Waals surface area contributed by atoms with E-state index in [9.17, 15) is 14.7 Å². The fourth-order valence-corrected chi connectivity index (χ4v) is 4.53. The summed E-state index contributed by atoms with van der Waals surface area (Å²) in [7, 11) is 0. The first-order valence-electron chi connectivity index (χ1n) is 10.7. The summed E-state index contributed by atoms with van der Waals surface area (Å²) in [6, 6.07) is 23.6. The van der Waals surface area contributed by atoms with E-state index in [0.29, 0.717) is 5.56 Å². The van der Waals surface area contributed by atoms with Crippen LogP contribution in [0.2, 0.25) is 0 Å². The average molecular weight is 425 g/mol. The molecule has 1 N–H and O–H groups in total. The Morgan fingerprint density at radius 2 is 1.69 bits per heavy atom. The summed E-state index contributed by atoms with van der Waals surface area (Å²) in [6.45, 7) is 2.27. The summed E-state index contributed by atoms with van der Waals surface area (Å²) >= 11 is 0. The number of ketones is 1. The number of hydrogen-bond acceptors (Lipinski definition) is 4. The van der Waals surface area contributed by atoms with Crippen LogP contribution in [0.25, 0.3) is 5.76 Å². The van der Waals surface area contributed by atoms with Crippen molar-refractivity contribution >= 4 is 17.4 Å². The molecule has 1 saturated heterocycles. The molecule has 1 fully saturated rings. The number of likely N-dealkylation sites (tertiary alicyclic amines) is 1. The molecule has 0 unspecified atom stereocenters. The molecule has 5 nitrogen and oxygen atoms in total. The lowest BCUT2D eigenvalue weighted by atomic mass is 9.94. The molecule has 32 heavy (non-hydrogen) atoms. The van der Waals surface area contributed by atoms with E-state index in [1.807, 2.05) is 79.7 Å². The summed E-state index contributed by atoms with van der Waals surface area (Å²) in [6.07, 6.45) is 0.809. The van der Waals surface area contributed by atoms with Crippen LogP contribution in [0.4, 0.5) is 0 Å². The second-order valence-electron chi connectivity index (χ2n) is 8.28. The molecule has 0 aromatic heterocycles. The highest BCUT2D eigenvalue weighted by molar-refractivity contribution is 6.46. The van der Waals surface area contributed by atoms with E-state index >= 15 is 0 Å². The average Bonchev–Trinajstić information content (AvgIpc) is 3.31. The normalized spacial score (nSPS) is 21.5. The van der Waals surface area contributed by atoms with Crippen molar-refractivity contribution in [3.8, 4) is 5.75 Å². The maximum Gasteiger partial charge on any atom is 0.295 e. The Bertz CT molecular complexity index is 1220. The van der Waals surface area contributed by atoms with Crippen molar-refractivity contribution in [1.82, 2.24) is 4.90 Å². The Hall–Kier alpha value is -3.86. The largest absolute Gasteiger partial charge is 0.507 e. The molecule has 1 amide bonds. The van der Waals surface area contributed by atoms with E-state index in [4.69, 9.17) is 4.74 Å². The maximum atomic E-state index is 13.2. The molecule has 2 atom stereocenters. The van der Waals surface area contributed by atoms with Gasteiger partial charge in [-0.05, 0) is 41.8 Å². The van der Waals surface area contributed by atoms with Crippen LogP contribution < -0.4 is 4.74 Å². The Morgan fingerprint density at radius 3 is 2.41 bits per heavy atom. The molecule has 0 spiro atoms. The number of aliphatic hydroxyl groups is 1. The maximum absolute atomic E-state index is 13.2. The lowest BCUT2D eigenvalue weighted by molar-refractivity contribution is -0.140. The quantitative estimate of drug-likeness (QED) is 0.376. The van der Waals surface area contributed by atoms with Gasteiger partial charge >= 0.3 is 0 Å². The Kier molecular flexibility index (Phi) is 5.02. The van der Waals surface area contributed by atoms with Gasteiger partial charge in [0, 0.05) is 18.5 Å². The Balaban J connectivity index is 1.62. The van der Waals surface area contributed by atoms with Gasteiger partial charge in [0.2, 0.25) is 0 Å². The molecule has 2 heterocycles. The molecule has 0 radical (unpaired) electrons. The van der Waals surface area contributed by atoms with Crippen LogP contribution in [0.3, 0.4) is 0 Å². The number of ether oxygens (including phenoxy) is 1. The van der Waals surface area contributed by atoms with Crippen LogP contribution in [0, 0.1) is 0 Å². The number of Topliss-reactive ketones (excluding diaryl/α,β-unsaturated/α-hetero) is 1. The third-order valence-corrected chi connectivity index (χ3v) is 6.02. The molecular formula is C27H23NO4. The fraction of sp³-hybridized carbons (Fsp3) is 0.185. The third-order valence-electron chi connectivity index (χ3n) is 6.02. The van der Waals surface area contributed by atoms with Crippen LogP contribution in [0.1, 0.15) is 35.2 Å². The summed E-state index contributed by atoms with van der Waals surface area (Å²) in [4.78, 5) is 27.8. The molecule has 0 bridgehead atoms. The molecule has 3 aromatic carbocycles. The van der Waals surface area contributed by atoms with Crippen molar-refractivity contribution in [2.24, 2.45) is 0 Å². The fourth-order valence-electron chi connectivity index (χ4n) is 4.53. The predicted octanol–water partition coefficient (Wildman–Crippen LogP) is 4.63. The zero-order chi connectivity index (χ0) is 22.2. The van der Waals surface area contributed by atoms with Gasteiger partial charge < -0.3 is 14.7 Å². The van der Waals surface area contributed by atoms with Gasteiger partial charge in [-0.1, -0.05) is 60.7 Å². The standard InChI is InChI=1S/C27H23NO4/c1-17-14-21-15-20(12-13-22(21)32-17)25(29)23-24(19-10-6-3-7-11-19)28(27(31)26(23)30)16-18-8-4-2-5-9-18/h2-13,15,17,24,29H,14,16H2,1H3/b25-23+/t17-,24+/m1/s1. The minimum Gasteiger partial charge on any atom is -0.507 e. The SMILES string of the molecule is C[C@@H]1Cc2cc(/C(O)=C3\C(=O)C(=O)N(Cc4ccccc4)[C@H]3c3ccccc3)ccc2O1. The van der Waals surface area contributed by atoms with Crippen molar-refractivity contribution in [3.63, 3.8) is 0 Å². The first-order valence-corrected chi connectivity index (χ1v) is 10.7. The molecule has 2 aliphatic heterocycles. The molecule has 5 rings (SSSR count). The second-order valence-corrected chi connectivity index (χ2v) is 8.28. The van der Waals surface area contributed by atoms with Gasteiger partial charge in [-0.2, -0.15) is 0 Å². The van der Waals surface area contributed by atoms with Crippen LogP contribution in [0.15, 0.2) is 84.4 Å². The number of hydrogen-bond donors (Lipinski definition) is 1. The molecule has 5 heteroatoms. The minimum absolute atomic E-state index is 0.0724. The van der Waals surface area contributed by atoms with Crippen molar-refractivity contribution in [1.29, 1.82) is 0 Å². The van der Waals surface area contributed by atoms with Gasteiger partial charge in [-0.3, -0.25) is 9.59 Å². The van der Waals surface area contributed by atoms with Crippen LogP contribution in [0.5, 0.6) is 5.75 Å². The number of carbonyl (C=O) groups excluding carboxylic acids is 2. The summed E-state index contributed by atoms with van der Waals surface area (Å²) < 4.78 is 5.75. The van der Waals surface area contributed by atoms with Crippen LogP contribution in [-0.2, 0) is 22.6 Å². The number of nitrogens with zero attached hydrogens (tertiary/aromatic N) is 1. The monoisotopic (exact) mass is 425 g/mol. The highest BCUT2D eigenvalue weighted by atomic mass is 16.5. The molecule has 0 aliphatic carbocycles. The second kappa shape index (κ2) is 8.00. The Labute approximate surface area is 186 Å². The number of benzene rings is 3. The van der Waals surface area contributed by atoms with Crippen molar-refractivity contribution in [2.75, 3.05) is 0 Å². The van der Waals surface area contributed by atoms with Gasteiger partial charge in [0.05, 0.1) is 11.6 Å². The number of amides is 1. The lowest BCUT2D eigenvalue weighted by Crippen LogP contribution is -2.29. The minimum atomic E-state index is -0.669. The topological polar surface area (TPSA) is 66.8 Å². The first-order chi connectivity index (χ1) is 15.5. The number of fused-ring (bicyclic) bond motifs is 1. The van der Waals surface area contributed by atoms with Gasteiger partial charge in [-0.25, -0.2) is 0 Å². The van der Waals surface area contributed by atoms with E-state index < -0.39 is 17.7 Å². The lowest BCUT2D eigenvalue weighted by Gasteiger charge is -2.25. The molecular weight excluding hydrogens is 402 g/mol. The third kappa shape index (κ3) is 3.46. The van der Waals surface area contributed by atoms with Crippen molar-refractivity contribution < 1.29 is 19.4 Å². The van der Waals surface area contributed by atoms with Crippen molar-refractivity contribution in [2.45, 2.75) is 32.0 Å². The highest BCUT2D eigenvalue weighted by Crippen LogP contribution is 2.41. The van der Waals surface area contributed by atoms with E-state index in [1.165, 1.54) is 4.90 Å². The molecule has 2 aliphatic rings.